The van der Waals surface area contributed by atoms with E-state index in [0.717, 1.165) is 27.2 Å². The number of anilines is 1. The molecule has 1 aromatic carbocycles. The molecule has 0 fully saturated rings. The molecule has 0 aliphatic carbocycles. The molecule has 5 nitrogen and oxygen atoms in total. The maximum atomic E-state index is 13.2. The van der Waals surface area contributed by atoms with Gasteiger partial charge in [-0.25, -0.2) is 9.07 Å². The number of nitrogens with one attached hydrogen (secondary N) is 1. The Morgan fingerprint density at radius 2 is 1.96 bits per heavy atom. The predicted molar refractivity (Wildman–Crippen MR) is 101 cm³/mol. The molecular formula is C19H15FN4OS. The van der Waals surface area contributed by atoms with Crippen molar-refractivity contribution in [2.24, 2.45) is 0 Å². The Balaban J connectivity index is 1.72. The van der Waals surface area contributed by atoms with Crippen LogP contribution in [0.4, 0.5) is 10.1 Å². The minimum Gasteiger partial charge on any atom is -0.320 e. The van der Waals surface area contributed by atoms with Gasteiger partial charge in [-0.3, -0.25) is 9.78 Å². The highest BCUT2D eigenvalue weighted by Gasteiger charge is 2.17. The molecule has 3 aromatic heterocycles. The first-order valence-corrected chi connectivity index (χ1v) is 8.81. The first kappa shape index (κ1) is 16.4. The van der Waals surface area contributed by atoms with Gasteiger partial charge in [0.2, 0.25) is 0 Å². The van der Waals surface area contributed by atoms with Gasteiger partial charge in [-0.15, -0.1) is 11.3 Å². The van der Waals surface area contributed by atoms with Gasteiger partial charge < -0.3 is 5.32 Å². The van der Waals surface area contributed by atoms with E-state index in [4.69, 9.17) is 0 Å². The van der Waals surface area contributed by atoms with Crippen molar-refractivity contribution in [2.45, 2.75) is 13.8 Å². The molecule has 0 aliphatic rings. The molecule has 4 aromatic rings. The summed E-state index contributed by atoms with van der Waals surface area (Å²) in [6.45, 7) is 3.81. The Kier molecular flexibility index (Phi) is 4.00. The van der Waals surface area contributed by atoms with Gasteiger partial charge in [0.1, 0.15) is 10.6 Å². The molecule has 0 atom stereocenters. The van der Waals surface area contributed by atoms with Crippen LogP contribution in [0.15, 0.2) is 48.8 Å². The van der Waals surface area contributed by atoms with Crippen molar-refractivity contribution in [3.05, 3.63) is 70.7 Å². The lowest BCUT2D eigenvalue weighted by Crippen LogP contribution is -2.11. The fourth-order valence-electron chi connectivity index (χ4n) is 2.70. The van der Waals surface area contributed by atoms with Gasteiger partial charge >= 0.3 is 0 Å². The lowest BCUT2D eigenvalue weighted by atomic mass is 10.2. The van der Waals surface area contributed by atoms with E-state index in [2.05, 4.69) is 15.4 Å². The molecule has 7 heteroatoms. The lowest BCUT2D eigenvalue weighted by Gasteiger charge is -2.06. The number of amides is 1. The minimum atomic E-state index is -0.299. The minimum absolute atomic E-state index is 0.188. The third-order valence-electron chi connectivity index (χ3n) is 4.13. The molecule has 0 aliphatic heterocycles. The summed E-state index contributed by atoms with van der Waals surface area (Å²) in [6.07, 6.45) is 3.32. The SMILES string of the molecule is Cc1ccncc1NC(=O)c1cc2c(C)nn(-c3ccc(F)cc3)c2s1. The Morgan fingerprint density at radius 1 is 1.19 bits per heavy atom. The lowest BCUT2D eigenvalue weighted by molar-refractivity contribution is 0.103. The van der Waals surface area contributed by atoms with Crippen molar-refractivity contribution < 1.29 is 9.18 Å². The Labute approximate surface area is 153 Å². The van der Waals surface area contributed by atoms with Crippen molar-refractivity contribution in [3.8, 4) is 5.69 Å². The molecule has 0 bridgehead atoms. The number of pyridine rings is 1. The van der Waals surface area contributed by atoms with Gasteiger partial charge in [0.25, 0.3) is 5.91 Å². The van der Waals surface area contributed by atoms with Crippen LogP contribution in [-0.4, -0.2) is 20.7 Å². The Morgan fingerprint density at radius 3 is 2.69 bits per heavy atom. The summed E-state index contributed by atoms with van der Waals surface area (Å²) in [4.78, 5) is 18.1. The van der Waals surface area contributed by atoms with Crippen LogP contribution in [0.2, 0.25) is 0 Å². The van der Waals surface area contributed by atoms with Crippen LogP contribution in [0.3, 0.4) is 0 Å². The monoisotopic (exact) mass is 366 g/mol. The van der Waals surface area contributed by atoms with Crippen molar-refractivity contribution in [1.82, 2.24) is 14.8 Å². The van der Waals surface area contributed by atoms with Gasteiger partial charge in [-0.1, -0.05) is 0 Å². The zero-order chi connectivity index (χ0) is 18.3. The van der Waals surface area contributed by atoms with E-state index >= 15 is 0 Å². The molecule has 0 saturated carbocycles. The summed E-state index contributed by atoms with van der Waals surface area (Å²) in [5.74, 6) is -0.487. The number of carbonyl (C=O) groups excluding carboxylic acids is 1. The number of carbonyl (C=O) groups is 1. The van der Waals surface area contributed by atoms with E-state index in [9.17, 15) is 9.18 Å². The largest absolute Gasteiger partial charge is 0.320 e. The second-order valence-electron chi connectivity index (χ2n) is 5.95. The number of halogens is 1. The number of hydrogen-bond donors (Lipinski definition) is 1. The molecule has 4 rings (SSSR count). The van der Waals surface area contributed by atoms with Gasteiger partial charge in [0.05, 0.1) is 28.1 Å². The summed E-state index contributed by atoms with van der Waals surface area (Å²) >= 11 is 1.35. The van der Waals surface area contributed by atoms with E-state index in [1.807, 2.05) is 26.0 Å². The van der Waals surface area contributed by atoms with Crippen LogP contribution in [0.1, 0.15) is 20.9 Å². The third-order valence-corrected chi connectivity index (χ3v) is 5.24. The number of benzene rings is 1. The van der Waals surface area contributed by atoms with Crippen LogP contribution in [0.25, 0.3) is 15.9 Å². The molecule has 0 radical (unpaired) electrons. The highest BCUT2D eigenvalue weighted by molar-refractivity contribution is 7.20. The average molecular weight is 366 g/mol. The van der Waals surface area contributed by atoms with Crippen LogP contribution >= 0.6 is 11.3 Å². The van der Waals surface area contributed by atoms with Gasteiger partial charge in [0.15, 0.2) is 0 Å². The van der Waals surface area contributed by atoms with Gasteiger partial charge in [-0.2, -0.15) is 5.10 Å². The first-order valence-electron chi connectivity index (χ1n) is 8.00. The quantitative estimate of drug-likeness (QED) is 0.581. The van der Waals surface area contributed by atoms with Crippen molar-refractivity contribution >= 4 is 33.1 Å². The number of nitrogens with zero attached hydrogens (tertiary/aromatic N) is 3. The summed E-state index contributed by atoms with van der Waals surface area (Å²) in [6, 6.07) is 9.80. The molecular weight excluding hydrogens is 351 g/mol. The molecule has 3 heterocycles. The number of hydrogen-bond acceptors (Lipinski definition) is 4. The average Bonchev–Trinajstić information content (AvgIpc) is 3.19. The summed E-state index contributed by atoms with van der Waals surface area (Å²) in [5, 5.41) is 8.31. The second kappa shape index (κ2) is 6.34. The van der Waals surface area contributed by atoms with Crippen molar-refractivity contribution in [2.75, 3.05) is 5.32 Å². The predicted octanol–water partition coefficient (Wildman–Crippen LogP) is 4.49. The fraction of sp³-hybridized carbons (Fsp3) is 0.105. The van der Waals surface area contributed by atoms with Crippen LogP contribution in [-0.2, 0) is 0 Å². The molecule has 1 amide bonds. The molecule has 0 saturated heterocycles. The highest BCUT2D eigenvalue weighted by atomic mass is 32.1. The maximum Gasteiger partial charge on any atom is 0.265 e. The zero-order valence-corrected chi connectivity index (χ0v) is 15.0. The number of rotatable bonds is 3. The van der Waals surface area contributed by atoms with Crippen molar-refractivity contribution in [1.29, 1.82) is 0 Å². The number of aromatic nitrogens is 3. The number of thiophene rings is 1. The van der Waals surface area contributed by atoms with E-state index in [0.29, 0.717) is 10.6 Å². The van der Waals surface area contributed by atoms with E-state index in [1.54, 1.807) is 29.2 Å². The fourth-order valence-corrected chi connectivity index (χ4v) is 3.77. The van der Waals surface area contributed by atoms with Crippen molar-refractivity contribution in [3.63, 3.8) is 0 Å². The second-order valence-corrected chi connectivity index (χ2v) is 6.98. The van der Waals surface area contributed by atoms with Crippen LogP contribution in [0.5, 0.6) is 0 Å². The molecule has 0 spiro atoms. The topological polar surface area (TPSA) is 59.8 Å². The van der Waals surface area contributed by atoms with Gasteiger partial charge in [-0.05, 0) is 55.8 Å². The molecule has 130 valence electrons. The normalized spacial score (nSPS) is 11.0. The molecule has 1 N–H and O–H groups in total. The summed E-state index contributed by atoms with van der Waals surface area (Å²) in [5.41, 5.74) is 3.20. The smallest absolute Gasteiger partial charge is 0.265 e. The van der Waals surface area contributed by atoms with Crippen LogP contribution < -0.4 is 5.32 Å². The van der Waals surface area contributed by atoms with E-state index in [1.165, 1.54) is 23.5 Å². The summed E-state index contributed by atoms with van der Waals surface area (Å²) in [7, 11) is 0. The molecule has 26 heavy (non-hydrogen) atoms. The highest BCUT2D eigenvalue weighted by Crippen LogP contribution is 2.31. The number of fused-ring (bicyclic) bond motifs is 1. The zero-order valence-electron chi connectivity index (χ0n) is 14.2. The van der Waals surface area contributed by atoms with Crippen LogP contribution in [0, 0.1) is 19.7 Å². The number of aryl methyl sites for hydroxylation is 2. The Bertz CT molecular complexity index is 1110. The standard InChI is InChI=1S/C19H15FN4OS/c1-11-7-8-21-10-16(11)22-18(25)17-9-15-12(2)23-24(19(15)26-17)14-5-3-13(20)4-6-14/h3-10H,1-2H3,(H,22,25). The van der Waals surface area contributed by atoms with E-state index in [-0.39, 0.29) is 11.7 Å². The van der Waals surface area contributed by atoms with E-state index < -0.39 is 0 Å². The molecule has 0 unspecified atom stereocenters. The Hall–Kier alpha value is -3.06. The maximum absolute atomic E-state index is 13.2. The third kappa shape index (κ3) is 2.86. The van der Waals surface area contributed by atoms with Gasteiger partial charge in [0, 0.05) is 11.6 Å². The first-order chi connectivity index (χ1) is 12.5. The summed E-state index contributed by atoms with van der Waals surface area (Å²) < 4.78 is 14.9.